The number of carboxylic acid groups (broad SMARTS) is 2. The minimum atomic E-state index is -1.27. The first kappa shape index (κ1) is 35.1. The summed E-state index contributed by atoms with van der Waals surface area (Å²) in [7, 11) is 0. The van der Waals surface area contributed by atoms with Crippen LogP contribution in [0.1, 0.15) is 71.1 Å². The number of carboxylic acids is 2. The van der Waals surface area contributed by atoms with Crippen LogP contribution in [0.15, 0.2) is 4.99 Å². The van der Waals surface area contributed by atoms with Crippen LogP contribution in [0, 0.1) is 0 Å². The van der Waals surface area contributed by atoms with Gasteiger partial charge in [0.05, 0.1) is 31.7 Å². The van der Waals surface area contributed by atoms with E-state index < -0.39 is 18.5 Å². The summed E-state index contributed by atoms with van der Waals surface area (Å²) in [6, 6.07) is 0. The standard InChI is InChI=1S/C20H36N2O5.2Na.H2O/c1-2-3-4-5-6-7-8-9-10-11-18-21-12-13-22(18,16-19(23)24)14-15-27-17-20(25)26;;;/h2-17H2,1H3,(H-,23,24,25,26);;;1H2/q;2*+1;/p-2. The Morgan fingerprint density at radius 3 is 2.07 bits per heavy atom. The second kappa shape index (κ2) is 21.3. The molecule has 0 saturated carbocycles. The number of aliphatic imine (C=N–C) groups is 1. The Bertz CT molecular complexity index is 494. The van der Waals surface area contributed by atoms with Crippen LogP contribution in [-0.2, 0) is 14.3 Å². The minimum absolute atomic E-state index is 0. The minimum Gasteiger partial charge on any atom is -0.870 e. The van der Waals surface area contributed by atoms with Crippen molar-refractivity contribution in [2.24, 2.45) is 4.99 Å². The van der Waals surface area contributed by atoms with Crippen LogP contribution >= 0.6 is 0 Å². The molecule has 10 heteroatoms. The summed E-state index contributed by atoms with van der Waals surface area (Å²) in [5, 5.41) is 21.7. The van der Waals surface area contributed by atoms with Crippen LogP contribution in [0.3, 0.4) is 0 Å². The smallest absolute Gasteiger partial charge is 0.870 e. The molecule has 1 rings (SSSR count). The third kappa shape index (κ3) is 15.3. The first-order chi connectivity index (χ1) is 13.0. The van der Waals surface area contributed by atoms with Gasteiger partial charge in [-0.2, -0.15) is 0 Å². The number of rotatable bonds is 17. The predicted molar refractivity (Wildman–Crippen MR) is 102 cm³/mol. The molecule has 0 bridgehead atoms. The van der Waals surface area contributed by atoms with Crippen molar-refractivity contribution in [3.05, 3.63) is 0 Å². The van der Waals surface area contributed by atoms with E-state index in [-0.39, 0.29) is 82.2 Å². The maximum atomic E-state index is 11.2. The molecule has 0 aromatic heterocycles. The van der Waals surface area contributed by atoms with Crippen molar-refractivity contribution < 1.29 is 93.6 Å². The summed E-state index contributed by atoms with van der Waals surface area (Å²) in [6.45, 7) is 3.38. The number of unbranched alkanes of at least 4 members (excludes halogenated alkanes) is 8. The first-order valence-corrected chi connectivity index (χ1v) is 10.4. The molecule has 0 aliphatic carbocycles. The van der Waals surface area contributed by atoms with Gasteiger partial charge < -0.3 is 30.0 Å². The van der Waals surface area contributed by atoms with Crippen molar-refractivity contribution >= 4 is 17.8 Å². The van der Waals surface area contributed by atoms with E-state index in [9.17, 15) is 19.8 Å². The molecule has 0 aromatic carbocycles. The summed E-state index contributed by atoms with van der Waals surface area (Å²) in [6.07, 6.45) is 11.9. The van der Waals surface area contributed by atoms with Gasteiger partial charge in [0.2, 0.25) is 0 Å². The molecule has 1 aliphatic rings. The normalized spacial score (nSPS) is 17.3. The van der Waals surface area contributed by atoms with Gasteiger partial charge >= 0.3 is 59.1 Å². The summed E-state index contributed by atoms with van der Waals surface area (Å²) < 4.78 is 5.29. The number of nitrogens with zero attached hydrogens (tertiary/aromatic N) is 2. The Kier molecular flexibility index (Phi) is 25.0. The van der Waals surface area contributed by atoms with E-state index in [0.717, 1.165) is 25.1 Å². The summed E-state index contributed by atoms with van der Waals surface area (Å²) >= 11 is 0. The molecule has 0 aromatic rings. The Morgan fingerprint density at radius 2 is 1.53 bits per heavy atom. The van der Waals surface area contributed by atoms with E-state index in [1.807, 2.05) is 0 Å². The molecule has 1 N–H and O–H groups in total. The Labute approximate surface area is 225 Å². The average molecular weight is 446 g/mol. The zero-order valence-corrected chi connectivity index (χ0v) is 23.2. The number of aliphatic carboxylic acids is 2. The maximum Gasteiger partial charge on any atom is 1.00 e. The van der Waals surface area contributed by atoms with Gasteiger partial charge in [-0.1, -0.05) is 58.3 Å². The van der Waals surface area contributed by atoms with Gasteiger partial charge in [0.25, 0.3) is 0 Å². The van der Waals surface area contributed by atoms with Crippen LogP contribution < -0.4 is 69.3 Å². The van der Waals surface area contributed by atoms with Gasteiger partial charge in [-0.25, -0.2) is 4.99 Å². The largest absolute Gasteiger partial charge is 1.00 e. The summed E-state index contributed by atoms with van der Waals surface area (Å²) in [5.74, 6) is -1.50. The molecule has 0 fully saturated rings. The quantitative estimate of drug-likeness (QED) is 0.124. The number of hydrogen-bond acceptors (Lipinski definition) is 7. The second-order valence-corrected chi connectivity index (χ2v) is 7.42. The zero-order valence-electron chi connectivity index (χ0n) is 19.2. The molecule has 0 radical (unpaired) electrons. The van der Waals surface area contributed by atoms with E-state index in [2.05, 4.69) is 11.9 Å². The van der Waals surface area contributed by atoms with Gasteiger partial charge in [-0.05, 0) is 6.42 Å². The Hall–Kier alpha value is 0.490. The van der Waals surface area contributed by atoms with Crippen LogP contribution in [0.5, 0.6) is 0 Å². The van der Waals surface area contributed by atoms with Gasteiger partial charge in [-0.3, -0.25) is 4.48 Å². The van der Waals surface area contributed by atoms with Crippen molar-refractivity contribution in [2.75, 3.05) is 39.4 Å². The average Bonchev–Trinajstić information content (AvgIpc) is 2.99. The van der Waals surface area contributed by atoms with Crippen molar-refractivity contribution in [2.45, 2.75) is 71.1 Å². The SMILES string of the molecule is CCCCCCCCCCCC1=NCC[N+]1(CCOCC(=O)[O-])CC(=O)[O-].[Na+].[Na+].[OH-]. The summed E-state index contributed by atoms with van der Waals surface area (Å²) in [4.78, 5) is 26.2. The van der Waals surface area contributed by atoms with E-state index in [1.54, 1.807) is 0 Å². The number of carbonyl (C=O) groups is 2. The van der Waals surface area contributed by atoms with Gasteiger partial charge in [0.1, 0.15) is 19.6 Å². The van der Waals surface area contributed by atoms with E-state index in [4.69, 9.17) is 4.74 Å². The van der Waals surface area contributed by atoms with Gasteiger partial charge in [-0.15, -0.1) is 0 Å². The molecule has 1 aliphatic heterocycles. The fourth-order valence-corrected chi connectivity index (χ4v) is 3.69. The van der Waals surface area contributed by atoms with E-state index in [1.165, 1.54) is 44.9 Å². The molecule has 8 nitrogen and oxygen atoms in total. The topological polar surface area (TPSA) is 132 Å². The number of hydrogen-bond donors (Lipinski definition) is 0. The predicted octanol–water partition coefficient (Wildman–Crippen LogP) is -5.52. The molecule has 0 spiro atoms. The van der Waals surface area contributed by atoms with Crippen molar-refractivity contribution in [1.82, 2.24) is 0 Å². The maximum absolute atomic E-state index is 11.2. The number of amidine groups is 1. The second-order valence-electron chi connectivity index (χ2n) is 7.42. The van der Waals surface area contributed by atoms with E-state index in [0.29, 0.717) is 19.6 Å². The molecule has 0 saturated heterocycles. The van der Waals surface area contributed by atoms with Crippen LogP contribution in [0.2, 0.25) is 0 Å². The monoisotopic (exact) mass is 446 g/mol. The van der Waals surface area contributed by atoms with Crippen molar-refractivity contribution in [3.63, 3.8) is 0 Å². The molecule has 164 valence electrons. The van der Waals surface area contributed by atoms with Gasteiger partial charge in [0.15, 0.2) is 5.84 Å². The third-order valence-electron chi connectivity index (χ3n) is 5.19. The number of carbonyl (C=O) groups excluding carboxylic acids is 2. The molecule has 1 unspecified atom stereocenters. The van der Waals surface area contributed by atoms with E-state index >= 15 is 0 Å². The summed E-state index contributed by atoms with van der Waals surface area (Å²) in [5.41, 5.74) is 0. The molecular formula is C20H36N2Na2O6. The van der Waals surface area contributed by atoms with Crippen LogP contribution in [0.4, 0.5) is 0 Å². The fraction of sp³-hybridized carbons (Fsp3) is 0.850. The molecule has 0 amide bonds. The van der Waals surface area contributed by atoms with Crippen LogP contribution in [-0.4, -0.2) is 67.1 Å². The zero-order chi connectivity index (χ0) is 20.0. The molecule has 1 heterocycles. The molecular weight excluding hydrogens is 410 g/mol. The fourth-order valence-electron chi connectivity index (χ4n) is 3.69. The Balaban J connectivity index is -0.00000243. The number of ether oxygens (including phenoxy) is 1. The van der Waals surface area contributed by atoms with Crippen molar-refractivity contribution in [3.8, 4) is 0 Å². The van der Waals surface area contributed by atoms with Crippen LogP contribution in [0.25, 0.3) is 0 Å². The van der Waals surface area contributed by atoms with Gasteiger partial charge in [0, 0.05) is 6.42 Å². The Morgan fingerprint density at radius 1 is 0.967 bits per heavy atom. The molecule has 1 atom stereocenters. The first-order valence-electron chi connectivity index (χ1n) is 10.4. The molecule has 30 heavy (non-hydrogen) atoms. The third-order valence-corrected chi connectivity index (χ3v) is 5.19. The number of quaternary nitrogens is 1. The van der Waals surface area contributed by atoms with Crippen molar-refractivity contribution in [1.29, 1.82) is 0 Å².